The molecule has 1 saturated carbocycles. The van der Waals surface area contributed by atoms with Crippen LogP contribution in [0.25, 0.3) is 0 Å². The van der Waals surface area contributed by atoms with Gasteiger partial charge < -0.3 is 10.4 Å². The van der Waals surface area contributed by atoms with Gasteiger partial charge in [0.2, 0.25) is 5.91 Å². The summed E-state index contributed by atoms with van der Waals surface area (Å²) in [5.41, 5.74) is -0.391. The SMILES string of the molecule is CC(C)CCC[C@H]1CC[C@@](C)(C(=O)N[C@@H](C)C(=O)O)CC1. The van der Waals surface area contributed by atoms with E-state index >= 15 is 0 Å². The molecule has 0 bridgehead atoms. The molecule has 0 heterocycles. The molecule has 0 aliphatic heterocycles. The van der Waals surface area contributed by atoms with Crippen LogP contribution in [0.4, 0.5) is 0 Å². The van der Waals surface area contributed by atoms with Crippen molar-refractivity contribution in [2.45, 2.75) is 78.7 Å². The number of carbonyl (C=O) groups is 2. The van der Waals surface area contributed by atoms with E-state index in [0.717, 1.165) is 37.5 Å². The summed E-state index contributed by atoms with van der Waals surface area (Å²) >= 11 is 0. The minimum absolute atomic E-state index is 0.0990. The van der Waals surface area contributed by atoms with Crippen molar-refractivity contribution >= 4 is 11.9 Å². The lowest BCUT2D eigenvalue weighted by Crippen LogP contribution is -2.47. The van der Waals surface area contributed by atoms with Crippen molar-refractivity contribution in [2.24, 2.45) is 17.3 Å². The number of carboxylic acid groups (broad SMARTS) is 1. The van der Waals surface area contributed by atoms with E-state index in [1.807, 2.05) is 6.92 Å². The zero-order valence-electron chi connectivity index (χ0n) is 13.9. The molecular formula is C17H31NO3. The predicted molar refractivity (Wildman–Crippen MR) is 84.0 cm³/mol. The first-order valence-corrected chi connectivity index (χ1v) is 8.28. The molecule has 1 atom stereocenters. The fourth-order valence-corrected chi connectivity index (χ4v) is 3.08. The molecule has 0 aromatic heterocycles. The van der Waals surface area contributed by atoms with Crippen LogP contribution in [0.5, 0.6) is 0 Å². The van der Waals surface area contributed by atoms with Crippen molar-refractivity contribution in [1.82, 2.24) is 5.32 Å². The quantitative estimate of drug-likeness (QED) is 0.754. The van der Waals surface area contributed by atoms with Crippen LogP contribution in [0.15, 0.2) is 0 Å². The minimum atomic E-state index is -0.977. The van der Waals surface area contributed by atoms with Gasteiger partial charge in [0.1, 0.15) is 6.04 Å². The molecule has 0 spiro atoms. The maximum atomic E-state index is 12.3. The van der Waals surface area contributed by atoms with E-state index in [4.69, 9.17) is 5.11 Å². The van der Waals surface area contributed by atoms with Gasteiger partial charge in [-0.2, -0.15) is 0 Å². The predicted octanol–water partition coefficient (Wildman–Crippen LogP) is 3.60. The van der Waals surface area contributed by atoms with Gasteiger partial charge in [0.25, 0.3) is 0 Å². The van der Waals surface area contributed by atoms with Crippen molar-refractivity contribution in [2.75, 3.05) is 0 Å². The van der Waals surface area contributed by atoms with Crippen molar-refractivity contribution in [3.8, 4) is 0 Å². The highest BCUT2D eigenvalue weighted by molar-refractivity contribution is 5.87. The van der Waals surface area contributed by atoms with Gasteiger partial charge in [-0.15, -0.1) is 0 Å². The van der Waals surface area contributed by atoms with Crippen LogP contribution in [0.2, 0.25) is 0 Å². The standard InChI is InChI=1S/C17H31NO3/c1-12(2)6-5-7-14-8-10-17(4,11-9-14)16(21)18-13(3)15(19)20/h12-14H,5-11H2,1-4H3,(H,18,21)(H,19,20)/t13-,14-,17+/m0/s1. The fraction of sp³-hybridized carbons (Fsp3) is 0.882. The van der Waals surface area contributed by atoms with Gasteiger partial charge in [-0.1, -0.05) is 40.0 Å². The Labute approximate surface area is 128 Å². The summed E-state index contributed by atoms with van der Waals surface area (Å²) in [4.78, 5) is 23.1. The summed E-state index contributed by atoms with van der Waals surface area (Å²) in [7, 11) is 0. The number of aliphatic carboxylic acids is 1. The van der Waals surface area contributed by atoms with Crippen LogP contribution < -0.4 is 5.32 Å². The lowest BCUT2D eigenvalue weighted by atomic mass is 9.70. The van der Waals surface area contributed by atoms with E-state index < -0.39 is 17.4 Å². The lowest BCUT2D eigenvalue weighted by molar-refractivity contribution is -0.143. The van der Waals surface area contributed by atoms with Crippen LogP contribution in [-0.2, 0) is 9.59 Å². The number of hydrogen-bond donors (Lipinski definition) is 2. The number of amides is 1. The fourth-order valence-electron chi connectivity index (χ4n) is 3.08. The van der Waals surface area contributed by atoms with Gasteiger partial charge in [0.15, 0.2) is 0 Å². The van der Waals surface area contributed by atoms with E-state index in [2.05, 4.69) is 19.2 Å². The second kappa shape index (κ2) is 7.81. The average Bonchev–Trinajstić information content (AvgIpc) is 2.40. The molecule has 0 saturated heterocycles. The van der Waals surface area contributed by atoms with Crippen molar-refractivity contribution in [1.29, 1.82) is 0 Å². The molecule has 1 aliphatic rings. The van der Waals surface area contributed by atoms with Crippen molar-refractivity contribution < 1.29 is 14.7 Å². The van der Waals surface area contributed by atoms with Gasteiger partial charge in [-0.05, 0) is 44.4 Å². The summed E-state index contributed by atoms with van der Waals surface area (Å²) in [5, 5.41) is 11.5. The lowest BCUT2D eigenvalue weighted by Gasteiger charge is -2.36. The summed E-state index contributed by atoms with van der Waals surface area (Å²) in [6.45, 7) is 8.00. The topological polar surface area (TPSA) is 66.4 Å². The molecule has 2 N–H and O–H groups in total. The minimum Gasteiger partial charge on any atom is -0.480 e. The van der Waals surface area contributed by atoms with Crippen LogP contribution in [-0.4, -0.2) is 23.0 Å². The molecule has 122 valence electrons. The van der Waals surface area contributed by atoms with Gasteiger partial charge in [-0.3, -0.25) is 9.59 Å². The average molecular weight is 297 g/mol. The molecular weight excluding hydrogens is 266 g/mol. The highest BCUT2D eigenvalue weighted by Gasteiger charge is 2.38. The summed E-state index contributed by atoms with van der Waals surface area (Å²) in [5.74, 6) is 0.427. The normalized spacial score (nSPS) is 27.4. The second-order valence-electron chi connectivity index (χ2n) is 7.36. The third kappa shape index (κ3) is 5.68. The molecule has 1 amide bonds. The maximum absolute atomic E-state index is 12.3. The van der Waals surface area contributed by atoms with E-state index in [0.29, 0.717) is 0 Å². The van der Waals surface area contributed by atoms with Gasteiger partial charge in [0, 0.05) is 5.41 Å². The maximum Gasteiger partial charge on any atom is 0.325 e. The molecule has 1 aliphatic carbocycles. The highest BCUT2D eigenvalue weighted by atomic mass is 16.4. The molecule has 1 rings (SSSR count). The molecule has 0 aromatic carbocycles. The summed E-state index contributed by atoms with van der Waals surface area (Å²) in [6.07, 6.45) is 7.75. The first-order chi connectivity index (χ1) is 9.74. The first-order valence-electron chi connectivity index (χ1n) is 8.28. The van der Waals surface area contributed by atoms with Crippen LogP contribution in [0.1, 0.15) is 72.6 Å². The Morgan fingerprint density at radius 3 is 2.29 bits per heavy atom. The Balaban J connectivity index is 2.39. The van der Waals surface area contributed by atoms with Crippen LogP contribution in [0.3, 0.4) is 0 Å². The Morgan fingerprint density at radius 1 is 1.24 bits per heavy atom. The zero-order valence-corrected chi connectivity index (χ0v) is 13.9. The second-order valence-corrected chi connectivity index (χ2v) is 7.36. The van der Waals surface area contributed by atoms with Gasteiger partial charge in [-0.25, -0.2) is 0 Å². The molecule has 1 fully saturated rings. The number of nitrogens with one attached hydrogen (secondary N) is 1. The van der Waals surface area contributed by atoms with Gasteiger partial charge in [0.05, 0.1) is 0 Å². The molecule has 4 heteroatoms. The number of rotatable bonds is 7. The van der Waals surface area contributed by atoms with Crippen molar-refractivity contribution in [3.05, 3.63) is 0 Å². The molecule has 0 radical (unpaired) electrons. The Kier molecular flexibility index (Phi) is 6.69. The Bertz CT molecular complexity index is 357. The van der Waals surface area contributed by atoms with E-state index in [-0.39, 0.29) is 5.91 Å². The van der Waals surface area contributed by atoms with E-state index in [1.54, 1.807) is 0 Å². The summed E-state index contributed by atoms with van der Waals surface area (Å²) < 4.78 is 0. The van der Waals surface area contributed by atoms with E-state index in [9.17, 15) is 9.59 Å². The zero-order chi connectivity index (χ0) is 16.0. The Hall–Kier alpha value is -1.06. The third-order valence-corrected chi connectivity index (χ3v) is 4.87. The smallest absolute Gasteiger partial charge is 0.325 e. The van der Waals surface area contributed by atoms with Crippen LogP contribution in [0, 0.1) is 17.3 Å². The first kappa shape index (κ1) is 18.0. The summed E-state index contributed by atoms with van der Waals surface area (Å²) in [6, 6.07) is -0.807. The number of carboxylic acids is 1. The third-order valence-electron chi connectivity index (χ3n) is 4.87. The molecule has 21 heavy (non-hydrogen) atoms. The monoisotopic (exact) mass is 297 g/mol. The largest absolute Gasteiger partial charge is 0.480 e. The van der Waals surface area contributed by atoms with E-state index in [1.165, 1.54) is 26.2 Å². The van der Waals surface area contributed by atoms with Crippen molar-refractivity contribution in [3.63, 3.8) is 0 Å². The molecule has 0 unspecified atom stereocenters. The molecule has 4 nitrogen and oxygen atoms in total. The molecule has 0 aromatic rings. The van der Waals surface area contributed by atoms with Gasteiger partial charge >= 0.3 is 5.97 Å². The Morgan fingerprint density at radius 2 is 1.81 bits per heavy atom. The highest BCUT2D eigenvalue weighted by Crippen LogP contribution is 2.40. The number of hydrogen-bond acceptors (Lipinski definition) is 2. The van der Waals surface area contributed by atoms with Crippen LogP contribution >= 0.6 is 0 Å². The number of carbonyl (C=O) groups excluding carboxylic acids is 1.